The maximum Gasteiger partial charge on any atom is 0.220 e. The SMILES string of the molecule is CCCCC/C=C/CC/C=C/C(O)C(COC1OC(CO)C(OC2OC(CO)C(O)C(O)C2O)C(O)C1O)NC(=O)CCC. The van der Waals surface area contributed by atoms with E-state index in [-0.39, 0.29) is 18.9 Å². The second kappa shape index (κ2) is 20.6. The standard InChI is InChI=1S/C30H53NO13/c1-3-5-6-7-8-9-10-11-12-14-19(34)18(31-22(35)13-4-2)17-41-29-27(40)25(38)28(21(16-33)43-29)44-30-26(39)24(37)23(36)20(15-32)42-30/h8-9,12,14,18-21,23-30,32-34,36-40H,3-7,10-11,13,15-17H2,1-2H3,(H,31,35)/b9-8+,14-12+. The molecule has 2 heterocycles. The molecule has 44 heavy (non-hydrogen) atoms. The summed E-state index contributed by atoms with van der Waals surface area (Å²) in [7, 11) is 0. The van der Waals surface area contributed by atoms with Gasteiger partial charge in [0.25, 0.3) is 0 Å². The van der Waals surface area contributed by atoms with Gasteiger partial charge in [-0.15, -0.1) is 0 Å². The lowest BCUT2D eigenvalue weighted by molar-refractivity contribution is -0.359. The number of hydrogen-bond acceptors (Lipinski definition) is 13. The van der Waals surface area contributed by atoms with Gasteiger partial charge in [0.2, 0.25) is 5.91 Å². The highest BCUT2D eigenvalue weighted by Gasteiger charge is 2.50. The van der Waals surface area contributed by atoms with Gasteiger partial charge in [-0.25, -0.2) is 0 Å². The first-order chi connectivity index (χ1) is 21.1. The van der Waals surface area contributed by atoms with Gasteiger partial charge in [-0.05, 0) is 32.1 Å². The third-order valence-corrected chi connectivity index (χ3v) is 7.61. The Morgan fingerprint density at radius 1 is 0.795 bits per heavy atom. The zero-order valence-electron chi connectivity index (χ0n) is 25.6. The fraction of sp³-hybridized carbons (Fsp3) is 0.833. The molecule has 0 aromatic heterocycles. The monoisotopic (exact) mass is 635 g/mol. The van der Waals surface area contributed by atoms with Gasteiger partial charge in [0, 0.05) is 6.42 Å². The Morgan fingerprint density at radius 2 is 1.43 bits per heavy atom. The fourth-order valence-electron chi connectivity index (χ4n) is 4.93. The second-order valence-electron chi connectivity index (χ2n) is 11.2. The molecule has 0 spiro atoms. The summed E-state index contributed by atoms with van der Waals surface area (Å²) in [4.78, 5) is 12.3. The first kappa shape index (κ1) is 38.7. The van der Waals surface area contributed by atoms with E-state index < -0.39 is 86.8 Å². The molecule has 0 aromatic rings. The molecule has 12 unspecified atom stereocenters. The smallest absolute Gasteiger partial charge is 0.220 e. The van der Waals surface area contributed by atoms with Crippen LogP contribution < -0.4 is 5.32 Å². The van der Waals surface area contributed by atoms with Crippen LogP contribution in [-0.2, 0) is 23.7 Å². The van der Waals surface area contributed by atoms with E-state index >= 15 is 0 Å². The molecule has 2 aliphatic rings. The van der Waals surface area contributed by atoms with Crippen molar-refractivity contribution in [2.75, 3.05) is 19.8 Å². The summed E-state index contributed by atoms with van der Waals surface area (Å²) in [5.41, 5.74) is 0. The largest absolute Gasteiger partial charge is 0.394 e. The number of hydrogen-bond donors (Lipinski definition) is 9. The number of aliphatic hydroxyl groups is 8. The molecule has 0 saturated carbocycles. The van der Waals surface area contributed by atoms with E-state index in [4.69, 9.17) is 18.9 Å². The van der Waals surface area contributed by atoms with E-state index in [0.29, 0.717) is 12.8 Å². The average Bonchev–Trinajstić information content (AvgIpc) is 3.01. The highest BCUT2D eigenvalue weighted by Crippen LogP contribution is 2.29. The maximum absolute atomic E-state index is 12.3. The normalized spacial score (nSPS) is 34.4. The minimum Gasteiger partial charge on any atom is -0.394 e. The molecule has 1 amide bonds. The van der Waals surface area contributed by atoms with Crippen LogP contribution in [-0.4, -0.2) is 140 Å². The highest BCUT2D eigenvalue weighted by atomic mass is 16.7. The van der Waals surface area contributed by atoms with E-state index in [1.807, 2.05) is 6.92 Å². The third kappa shape index (κ3) is 11.7. The predicted octanol–water partition coefficient (Wildman–Crippen LogP) is -1.25. The number of rotatable bonds is 19. The number of carbonyl (C=O) groups excluding carboxylic acids is 1. The molecule has 0 bridgehead atoms. The topological polar surface area (TPSA) is 228 Å². The Morgan fingerprint density at radius 3 is 2.09 bits per heavy atom. The minimum absolute atomic E-state index is 0.223. The number of nitrogens with one attached hydrogen (secondary N) is 1. The van der Waals surface area contributed by atoms with Crippen LogP contribution >= 0.6 is 0 Å². The summed E-state index contributed by atoms with van der Waals surface area (Å²) in [6.07, 6.45) is -2.55. The van der Waals surface area contributed by atoms with Crippen LogP contribution in [0.5, 0.6) is 0 Å². The van der Waals surface area contributed by atoms with Crippen LogP contribution in [0, 0.1) is 0 Å². The van der Waals surface area contributed by atoms with Crippen molar-refractivity contribution in [1.29, 1.82) is 0 Å². The van der Waals surface area contributed by atoms with Crippen molar-refractivity contribution in [1.82, 2.24) is 5.32 Å². The Bertz CT molecular complexity index is 857. The summed E-state index contributed by atoms with van der Waals surface area (Å²) in [5, 5.41) is 84.7. The van der Waals surface area contributed by atoms with Crippen LogP contribution in [0.15, 0.2) is 24.3 Å². The van der Waals surface area contributed by atoms with Crippen molar-refractivity contribution in [2.24, 2.45) is 0 Å². The summed E-state index contributed by atoms with van der Waals surface area (Å²) >= 11 is 0. The lowest BCUT2D eigenvalue weighted by atomic mass is 9.97. The zero-order valence-corrected chi connectivity index (χ0v) is 25.6. The van der Waals surface area contributed by atoms with Crippen molar-refractivity contribution in [3.63, 3.8) is 0 Å². The van der Waals surface area contributed by atoms with E-state index in [1.165, 1.54) is 12.8 Å². The van der Waals surface area contributed by atoms with E-state index in [0.717, 1.165) is 19.3 Å². The van der Waals surface area contributed by atoms with Crippen LogP contribution in [0.4, 0.5) is 0 Å². The molecule has 2 fully saturated rings. The van der Waals surface area contributed by atoms with Gasteiger partial charge in [-0.3, -0.25) is 4.79 Å². The molecule has 2 aliphatic heterocycles. The Balaban J connectivity index is 2.00. The Kier molecular flexibility index (Phi) is 18.1. The van der Waals surface area contributed by atoms with E-state index in [2.05, 4.69) is 24.4 Å². The van der Waals surface area contributed by atoms with Crippen LogP contribution in [0.25, 0.3) is 0 Å². The lowest BCUT2D eigenvalue weighted by Gasteiger charge is -2.46. The molecule has 0 aliphatic carbocycles. The van der Waals surface area contributed by atoms with E-state index in [9.17, 15) is 45.6 Å². The van der Waals surface area contributed by atoms with Crippen LogP contribution in [0.2, 0.25) is 0 Å². The van der Waals surface area contributed by atoms with Gasteiger partial charge in [0.15, 0.2) is 12.6 Å². The Labute approximate surface area is 258 Å². The number of amides is 1. The van der Waals surface area contributed by atoms with Crippen molar-refractivity contribution in [3.8, 4) is 0 Å². The van der Waals surface area contributed by atoms with Gasteiger partial charge in [0.1, 0.15) is 48.8 Å². The quantitative estimate of drug-likeness (QED) is 0.0598. The zero-order chi connectivity index (χ0) is 32.6. The maximum atomic E-state index is 12.3. The van der Waals surface area contributed by atoms with Gasteiger partial charge < -0.3 is 65.1 Å². The third-order valence-electron chi connectivity index (χ3n) is 7.61. The molecule has 14 nitrogen and oxygen atoms in total. The molecule has 0 radical (unpaired) electrons. The van der Waals surface area contributed by atoms with Gasteiger partial charge in [-0.1, -0.05) is 51.0 Å². The highest BCUT2D eigenvalue weighted by molar-refractivity contribution is 5.76. The number of unbranched alkanes of at least 4 members (excludes halogenated alkanes) is 4. The lowest BCUT2D eigenvalue weighted by Crippen LogP contribution is -2.65. The molecule has 2 rings (SSSR count). The Hall–Kier alpha value is -1.53. The second-order valence-corrected chi connectivity index (χ2v) is 11.2. The first-order valence-electron chi connectivity index (χ1n) is 15.6. The molecule has 9 N–H and O–H groups in total. The molecule has 12 atom stereocenters. The van der Waals surface area contributed by atoms with Crippen LogP contribution in [0.1, 0.15) is 65.2 Å². The van der Waals surface area contributed by atoms with Crippen molar-refractivity contribution in [2.45, 2.75) is 139 Å². The van der Waals surface area contributed by atoms with E-state index in [1.54, 1.807) is 12.2 Å². The molecule has 2 saturated heterocycles. The molecule has 256 valence electrons. The van der Waals surface area contributed by atoms with Gasteiger partial charge in [0.05, 0.1) is 32.0 Å². The number of ether oxygens (including phenoxy) is 4. The van der Waals surface area contributed by atoms with Gasteiger partial charge in [-0.2, -0.15) is 0 Å². The average molecular weight is 636 g/mol. The molecule has 0 aromatic carbocycles. The van der Waals surface area contributed by atoms with Gasteiger partial charge >= 0.3 is 0 Å². The summed E-state index contributed by atoms with van der Waals surface area (Å²) in [6.45, 7) is 2.25. The van der Waals surface area contributed by atoms with Crippen molar-refractivity contribution < 1.29 is 64.6 Å². The number of allylic oxidation sites excluding steroid dienone is 3. The summed E-state index contributed by atoms with van der Waals surface area (Å²) in [5.74, 6) is -0.310. The minimum atomic E-state index is -1.78. The first-order valence-corrected chi connectivity index (χ1v) is 15.6. The predicted molar refractivity (Wildman–Crippen MR) is 157 cm³/mol. The van der Waals surface area contributed by atoms with Crippen molar-refractivity contribution in [3.05, 3.63) is 24.3 Å². The molecular weight excluding hydrogens is 582 g/mol. The van der Waals surface area contributed by atoms with Crippen LogP contribution in [0.3, 0.4) is 0 Å². The molecular formula is C30H53NO13. The molecule has 14 heteroatoms. The summed E-state index contributed by atoms with van der Waals surface area (Å²) in [6, 6.07) is -0.918. The fourth-order valence-corrected chi connectivity index (χ4v) is 4.93. The number of aliphatic hydroxyl groups excluding tert-OH is 8. The van der Waals surface area contributed by atoms with Crippen molar-refractivity contribution >= 4 is 5.91 Å². The number of carbonyl (C=O) groups is 1. The summed E-state index contributed by atoms with van der Waals surface area (Å²) < 4.78 is 22.2.